The molecule has 128 valence electrons. The number of carbonyl (C=O) groups excluding carboxylic acids is 2. The number of benzene rings is 1. The molecule has 1 aromatic heterocycles. The van der Waals surface area contributed by atoms with Crippen LogP contribution >= 0.6 is 11.6 Å². The highest BCUT2D eigenvalue weighted by Gasteiger charge is 2.36. The van der Waals surface area contributed by atoms with Crippen molar-refractivity contribution in [1.82, 2.24) is 9.88 Å². The number of rotatable bonds is 3. The predicted octanol–water partition coefficient (Wildman–Crippen LogP) is 2.17. The Hall–Kier alpha value is -2.80. The van der Waals surface area contributed by atoms with Gasteiger partial charge in [0.1, 0.15) is 0 Å². The molecular weight excluding hydrogens is 346 g/mol. The van der Waals surface area contributed by atoms with Crippen molar-refractivity contribution in [1.29, 1.82) is 0 Å². The third kappa shape index (κ3) is 2.98. The number of halogens is 1. The van der Waals surface area contributed by atoms with Crippen LogP contribution in [0.25, 0.3) is 0 Å². The Balaban J connectivity index is 1.36. The molecule has 1 fully saturated rings. The molecule has 1 saturated heterocycles. The molecule has 8 heteroatoms. The van der Waals surface area contributed by atoms with Gasteiger partial charge in [-0.1, -0.05) is 11.6 Å². The lowest BCUT2D eigenvalue weighted by Crippen LogP contribution is -2.54. The van der Waals surface area contributed by atoms with E-state index in [2.05, 4.69) is 10.3 Å². The fraction of sp³-hybridized carbons (Fsp3) is 0.235. The lowest BCUT2D eigenvalue weighted by Gasteiger charge is -2.38. The summed E-state index contributed by atoms with van der Waals surface area (Å²) in [5, 5.41) is 2.98. The first kappa shape index (κ1) is 15.7. The molecule has 3 heterocycles. The normalized spacial score (nSPS) is 15.6. The lowest BCUT2D eigenvalue weighted by atomic mass is 9.97. The molecule has 0 radical (unpaired) electrons. The third-order valence-electron chi connectivity index (χ3n) is 4.18. The predicted molar refractivity (Wildman–Crippen MR) is 89.8 cm³/mol. The van der Waals surface area contributed by atoms with E-state index in [1.165, 1.54) is 0 Å². The van der Waals surface area contributed by atoms with Gasteiger partial charge in [0.25, 0.3) is 5.91 Å². The molecule has 1 N–H and O–H groups in total. The maximum Gasteiger partial charge on any atom is 0.254 e. The first-order valence-electron chi connectivity index (χ1n) is 7.72. The molecular formula is C17H14ClN3O4. The van der Waals surface area contributed by atoms with Gasteiger partial charge < -0.3 is 19.7 Å². The molecule has 2 aromatic rings. The van der Waals surface area contributed by atoms with Gasteiger partial charge in [0, 0.05) is 24.8 Å². The van der Waals surface area contributed by atoms with E-state index in [1.807, 2.05) is 0 Å². The standard InChI is InChI=1S/C17H14ClN3O4/c18-15-12(2-1-5-19-15)20-16(22)11-7-21(8-11)17(23)10-3-4-13-14(6-10)25-9-24-13/h1-6,11H,7-9H2,(H,20,22). The number of aromatic nitrogens is 1. The molecule has 0 bridgehead atoms. The van der Waals surface area contributed by atoms with E-state index in [0.717, 1.165) is 0 Å². The number of hydrogen-bond donors (Lipinski definition) is 1. The number of likely N-dealkylation sites (tertiary alicyclic amines) is 1. The second kappa shape index (κ2) is 6.25. The SMILES string of the molecule is O=C(Nc1cccnc1Cl)C1CN(C(=O)c2ccc3c(c2)OCO3)C1. The van der Waals surface area contributed by atoms with Gasteiger partial charge in [-0.3, -0.25) is 9.59 Å². The van der Waals surface area contributed by atoms with Gasteiger partial charge in [-0.15, -0.1) is 0 Å². The van der Waals surface area contributed by atoms with E-state index in [-0.39, 0.29) is 29.7 Å². The van der Waals surface area contributed by atoms with Crippen molar-refractivity contribution in [3.63, 3.8) is 0 Å². The van der Waals surface area contributed by atoms with E-state index in [4.69, 9.17) is 21.1 Å². The Kier molecular flexibility index (Phi) is 3.93. The van der Waals surface area contributed by atoms with E-state index in [1.54, 1.807) is 41.4 Å². The van der Waals surface area contributed by atoms with Gasteiger partial charge in [0.05, 0.1) is 11.6 Å². The van der Waals surface area contributed by atoms with Crippen LogP contribution in [0.3, 0.4) is 0 Å². The van der Waals surface area contributed by atoms with Crippen LogP contribution in [0.5, 0.6) is 11.5 Å². The summed E-state index contributed by atoms with van der Waals surface area (Å²) >= 11 is 5.93. The average molecular weight is 360 g/mol. The minimum Gasteiger partial charge on any atom is -0.454 e. The van der Waals surface area contributed by atoms with Crippen molar-refractivity contribution in [2.45, 2.75) is 0 Å². The molecule has 0 atom stereocenters. The van der Waals surface area contributed by atoms with Gasteiger partial charge in [-0.2, -0.15) is 0 Å². The number of ether oxygens (including phenoxy) is 2. The molecule has 7 nitrogen and oxygen atoms in total. The van der Waals surface area contributed by atoms with Crippen molar-refractivity contribution >= 4 is 29.1 Å². The van der Waals surface area contributed by atoms with Crippen molar-refractivity contribution in [3.8, 4) is 11.5 Å². The topological polar surface area (TPSA) is 80.8 Å². The maximum absolute atomic E-state index is 12.5. The number of anilines is 1. The summed E-state index contributed by atoms with van der Waals surface area (Å²) in [4.78, 5) is 30.2. The molecule has 0 spiro atoms. The quantitative estimate of drug-likeness (QED) is 0.849. The molecule has 0 unspecified atom stereocenters. The highest BCUT2D eigenvalue weighted by atomic mass is 35.5. The fourth-order valence-corrected chi connectivity index (χ4v) is 2.90. The number of pyridine rings is 1. The Labute approximate surface area is 148 Å². The summed E-state index contributed by atoms with van der Waals surface area (Å²) in [5.74, 6) is 0.610. The Morgan fingerprint density at radius 3 is 2.80 bits per heavy atom. The summed E-state index contributed by atoms with van der Waals surface area (Å²) in [7, 11) is 0. The Bertz CT molecular complexity index is 852. The van der Waals surface area contributed by atoms with Gasteiger partial charge in [0.2, 0.25) is 12.7 Å². The Morgan fingerprint density at radius 1 is 1.20 bits per heavy atom. The second-order valence-electron chi connectivity index (χ2n) is 5.81. The van der Waals surface area contributed by atoms with Crippen molar-refractivity contribution in [3.05, 3.63) is 47.2 Å². The number of hydrogen-bond acceptors (Lipinski definition) is 5. The van der Waals surface area contributed by atoms with Crippen molar-refractivity contribution in [2.75, 3.05) is 25.2 Å². The van der Waals surface area contributed by atoms with Gasteiger partial charge in [-0.25, -0.2) is 4.98 Å². The van der Waals surface area contributed by atoms with Crippen molar-refractivity contribution < 1.29 is 19.1 Å². The summed E-state index contributed by atoms with van der Waals surface area (Å²) in [6, 6.07) is 8.44. The van der Waals surface area contributed by atoms with Crippen LogP contribution in [0.4, 0.5) is 5.69 Å². The van der Waals surface area contributed by atoms with Crippen LogP contribution in [0.1, 0.15) is 10.4 Å². The summed E-state index contributed by atoms with van der Waals surface area (Å²) in [6.45, 7) is 0.879. The molecule has 2 aliphatic heterocycles. The first-order valence-corrected chi connectivity index (χ1v) is 8.10. The zero-order valence-corrected chi connectivity index (χ0v) is 13.8. The zero-order chi connectivity index (χ0) is 17.4. The van der Waals surface area contributed by atoms with E-state index in [9.17, 15) is 9.59 Å². The highest BCUT2D eigenvalue weighted by molar-refractivity contribution is 6.32. The van der Waals surface area contributed by atoms with Crippen LogP contribution in [0.15, 0.2) is 36.5 Å². The monoisotopic (exact) mass is 359 g/mol. The van der Waals surface area contributed by atoms with E-state index in [0.29, 0.717) is 35.8 Å². The molecule has 25 heavy (non-hydrogen) atoms. The van der Waals surface area contributed by atoms with E-state index >= 15 is 0 Å². The van der Waals surface area contributed by atoms with Crippen LogP contribution < -0.4 is 14.8 Å². The minimum atomic E-state index is -0.269. The number of carbonyl (C=O) groups is 2. The molecule has 4 rings (SSSR count). The molecule has 2 aliphatic rings. The third-order valence-corrected chi connectivity index (χ3v) is 4.48. The smallest absolute Gasteiger partial charge is 0.254 e. The summed E-state index contributed by atoms with van der Waals surface area (Å²) < 4.78 is 10.5. The minimum absolute atomic E-state index is 0.137. The molecule has 1 aromatic carbocycles. The van der Waals surface area contributed by atoms with Crippen LogP contribution in [0.2, 0.25) is 5.15 Å². The van der Waals surface area contributed by atoms with Crippen LogP contribution in [-0.4, -0.2) is 41.6 Å². The van der Waals surface area contributed by atoms with Gasteiger partial charge >= 0.3 is 0 Å². The average Bonchev–Trinajstić information content (AvgIpc) is 3.03. The van der Waals surface area contributed by atoms with Gasteiger partial charge in [-0.05, 0) is 30.3 Å². The largest absolute Gasteiger partial charge is 0.454 e. The highest BCUT2D eigenvalue weighted by Crippen LogP contribution is 2.33. The first-order chi connectivity index (χ1) is 12.1. The maximum atomic E-state index is 12.5. The molecule has 0 saturated carbocycles. The lowest BCUT2D eigenvalue weighted by molar-refractivity contribution is -0.123. The van der Waals surface area contributed by atoms with Crippen LogP contribution in [0, 0.1) is 5.92 Å². The number of amides is 2. The number of nitrogens with zero attached hydrogens (tertiary/aromatic N) is 2. The zero-order valence-electron chi connectivity index (χ0n) is 13.1. The second-order valence-corrected chi connectivity index (χ2v) is 6.16. The molecule has 0 aliphatic carbocycles. The number of fused-ring (bicyclic) bond motifs is 1. The fourth-order valence-electron chi connectivity index (χ4n) is 2.74. The van der Waals surface area contributed by atoms with E-state index < -0.39 is 0 Å². The van der Waals surface area contributed by atoms with Gasteiger partial charge in [0.15, 0.2) is 16.7 Å². The number of nitrogens with one attached hydrogen (secondary N) is 1. The van der Waals surface area contributed by atoms with Crippen molar-refractivity contribution in [2.24, 2.45) is 5.92 Å². The Morgan fingerprint density at radius 2 is 2.00 bits per heavy atom. The summed E-state index contributed by atoms with van der Waals surface area (Å²) in [5.41, 5.74) is 0.980. The molecule has 2 amide bonds. The van der Waals surface area contributed by atoms with Crippen LogP contribution in [-0.2, 0) is 4.79 Å². The summed E-state index contributed by atoms with van der Waals surface area (Å²) in [6.07, 6.45) is 1.55.